The zero-order chi connectivity index (χ0) is 14.6. The Bertz CT molecular complexity index is 124. The molecule has 0 aliphatic carbocycles. The summed E-state index contributed by atoms with van der Waals surface area (Å²) in [5.41, 5.74) is 5.30. The van der Waals surface area contributed by atoms with Gasteiger partial charge in [0.05, 0.1) is 19.8 Å². The predicted molar refractivity (Wildman–Crippen MR) is 81.7 cm³/mol. The number of hydrogen-bond acceptors (Lipinski definition) is 5. The van der Waals surface area contributed by atoms with Crippen LogP contribution in [0.1, 0.15) is 58.3 Å². The highest BCUT2D eigenvalue weighted by atomic mass is 16.5. The average molecular weight is 277 g/mol. The van der Waals surface area contributed by atoms with E-state index in [1.165, 1.54) is 51.4 Å². The molecule has 19 heavy (non-hydrogen) atoms. The molecule has 6 N–H and O–H groups in total. The first-order valence-electron chi connectivity index (χ1n) is 7.60. The Kier molecular flexibility index (Phi) is 25.5. The Balaban J connectivity index is 0. The number of rotatable bonds is 14. The molecule has 0 heterocycles. The van der Waals surface area contributed by atoms with Crippen molar-refractivity contribution < 1.29 is 9.47 Å². The maximum Gasteiger partial charge on any atom is 0.0701 e. The maximum absolute atomic E-state index is 5.46. The predicted octanol–water partition coefficient (Wildman–Crippen LogP) is 1.94. The monoisotopic (exact) mass is 277 g/mol. The fourth-order valence-electron chi connectivity index (χ4n) is 1.74. The van der Waals surface area contributed by atoms with Gasteiger partial charge in [0, 0.05) is 13.2 Å². The van der Waals surface area contributed by atoms with E-state index in [0.29, 0.717) is 26.4 Å². The van der Waals surface area contributed by atoms with Crippen LogP contribution in [0.5, 0.6) is 0 Å². The second-order valence-corrected chi connectivity index (χ2v) is 4.49. The third kappa shape index (κ3) is 23.3. The van der Waals surface area contributed by atoms with E-state index in [4.69, 9.17) is 15.2 Å². The van der Waals surface area contributed by atoms with Crippen molar-refractivity contribution in [3.8, 4) is 0 Å². The van der Waals surface area contributed by atoms with Crippen molar-refractivity contribution in [1.82, 2.24) is 0 Å². The summed E-state index contributed by atoms with van der Waals surface area (Å²) in [4.78, 5) is 0. The van der Waals surface area contributed by atoms with Crippen molar-refractivity contribution >= 4 is 0 Å². The van der Waals surface area contributed by atoms with Gasteiger partial charge in [0.2, 0.25) is 0 Å². The zero-order valence-corrected chi connectivity index (χ0v) is 12.7. The minimum absolute atomic E-state index is 0.595. The molecule has 0 rings (SSSR count). The topological polar surface area (TPSA) is 96.5 Å². The van der Waals surface area contributed by atoms with E-state index in [9.17, 15) is 0 Å². The van der Waals surface area contributed by atoms with Gasteiger partial charge >= 0.3 is 0 Å². The molecule has 118 valence electrons. The number of ether oxygens (including phenoxy) is 2. The number of hydrogen-bond donors (Lipinski definition) is 3. The molecule has 0 aromatic heterocycles. The SMILES string of the molecule is CCCCCCCCCCOCCOCCN.NN. The highest BCUT2D eigenvalue weighted by molar-refractivity contribution is 4.45. The van der Waals surface area contributed by atoms with Gasteiger partial charge in [-0.15, -0.1) is 0 Å². The van der Waals surface area contributed by atoms with Gasteiger partial charge in [-0.3, -0.25) is 11.7 Å². The lowest BCUT2D eigenvalue weighted by molar-refractivity contribution is 0.0492. The average Bonchev–Trinajstić information content (AvgIpc) is 2.46. The van der Waals surface area contributed by atoms with Crippen LogP contribution in [0.25, 0.3) is 0 Å². The Hall–Kier alpha value is -0.200. The molecule has 0 radical (unpaired) electrons. The summed E-state index contributed by atoms with van der Waals surface area (Å²) in [6.07, 6.45) is 10.8. The van der Waals surface area contributed by atoms with E-state index in [2.05, 4.69) is 18.6 Å². The van der Waals surface area contributed by atoms with Gasteiger partial charge in [-0.05, 0) is 6.42 Å². The van der Waals surface area contributed by atoms with Crippen LogP contribution in [0, 0.1) is 0 Å². The molecular weight excluding hydrogens is 242 g/mol. The van der Waals surface area contributed by atoms with Crippen molar-refractivity contribution in [2.24, 2.45) is 17.4 Å². The molecule has 0 aromatic rings. The van der Waals surface area contributed by atoms with E-state index in [-0.39, 0.29) is 0 Å². The van der Waals surface area contributed by atoms with Gasteiger partial charge in [-0.1, -0.05) is 51.9 Å². The van der Waals surface area contributed by atoms with E-state index in [1.807, 2.05) is 0 Å². The molecule has 0 aliphatic heterocycles. The lowest BCUT2D eigenvalue weighted by Gasteiger charge is -2.05. The molecule has 0 bridgehead atoms. The first kappa shape index (κ1) is 21.1. The second-order valence-electron chi connectivity index (χ2n) is 4.49. The quantitative estimate of drug-likeness (QED) is 0.256. The molecule has 0 fully saturated rings. The summed E-state index contributed by atoms with van der Waals surface area (Å²) in [6.45, 7) is 5.75. The van der Waals surface area contributed by atoms with Crippen LogP contribution < -0.4 is 17.4 Å². The highest BCUT2D eigenvalue weighted by Crippen LogP contribution is 2.08. The van der Waals surface area contributed by atoms with Crippen molar-refractivity contribution in [3.63, 3.8) is 0 Å². The summed E-state index contributed by atoms with van der Waals surface area (Å²) < 4.78 is 10.7. The lowest BCUT2D eigenvalue weighted by atomic mass is 10.1. The van der Waals surface area contributed by atoms with Gasteiger partial charge in [-0.25, -0.2) is 0 Å². The Morgan fingerprint density at radius 2 is 1.11 bits per heavy atom. The van der Waals surface area contributed by atoms with Gasteiger partial charge in [0.25, 0.3) is 0 Å². The van der Waals surface area contributed by atoms with Crippen LogP contribution in [0.4, 0.5) is 0 Å². The van der Waals surface area contributed by atoms with Crippen molar-refractivity contribution in [1.29, 1.82) is 0 Å². The number of nitrogens with two attached hydrogens (primary N) is 3. The van der Waals surface area contributed by atoms with E-state index < -0.39 is 0 Å². The standard InChI is InChI=1S/C14H31NO2.H4N2/c1-2-3-4-5-6-7-8-9-11-16-13-14-17-12-10-15;1-2/h2-15H2,1H3;1-2H2. The Morgan fingerprint density at radius 1 is 0.632 bits per heavy atom. The summed E-state index contributed by atoms with van der Waals surface area (Å²) in [6, 6.07) is 0. The summed E-state index contributed by atoms with van der Waals surface area (Å²) in [5.74, 6) is 8.00. The summed E-state index contributed by atoms with van der Waals surface area (Å²) in [7, 11) is 0. The molecule has 0 saturated carbocycles. The largest absolute Gasteiger partial charge is 0.379 e. The molecule has 0 aromatic carbocycles. The fraction of sp³-hybridized carbons (Fsp3) is 1.00. The van der Waals surface area contributed by atoms with Crippen LogP contribution in [0.3, 0.4) is 0 Å². The number of hydrazine groups is 1. The van der Waals surface area contributed by atoms with Crippen molar-refractivity contribution in [2.45, 2.75) is 58.3 Å². The van der Waals surface area contributed by atoms with Gasteiger partial charge in [0.15, 0.2) is 0 Å². The fourth-order valence-corrected chi connectivity index (χ4v) is 1.74. The van der Waals surface area contributed by atoms with E-state index in [0.717, 1.165) is 6.61 Å². The van der Waals surface area contributed by atoms with Gasteiger partial charge in [-0.2, -0.15) is 0 Å². The van der Waals surface area contributed by atoms with Crippen LogP contribution in [0.15, 0.2) is 0 Å². The molecule has 5 nitrogen and oxygen atoms in total. The molecule has 0 unspecified atom stereocenters. The normalized spacial score (nSPS) is 10.1. The molecular formula is C14H35N3O2. The van der Waals surface area contributed by atoms with Gasteiger partial charge < -0.3 is 15.2 Å². The molecule has 0 atom stereocenters. The molecule has 0 saturated heterocycles. The summed E-state index contributed by atoms with van der Waals surface area (Å²) >= 11 is 0. The van der Waals surface area contributed by atoms with Crippen LogP contribution in [-0.4, -0.2) is 33.0 Å². The Morgan fingerprint density at radius 3 is 1.63 bits per heavy atom. The summed E-state index contributed by atoms with van der Waals surface area (Å²) in [5, 5.41) is 0. The Labute approximate surface area is 119 Å². The second kappa shape index (κ2) is 22.9. The molecule has 0 amide bonds. The smallest absolute Gasteiger partial charge is 0.0701 e. The third-order valence-electron chi connectivity index (χ3n) is 2.78. The minimum atomic E-state index is 0.595. The lowest BCUT2D eigenvalue weighted by Crippen LogP contribution is -2.12. The minimum Gasteiger partial charge on any atom is -0.379 e. The molecule has 0 aliphatic rings. The van der Waals surface area contributed by atoms with Crippen LogP contribution >= 0.6 is 0 Å². The first-order chi connectivity index (χ1) is 9.41. The van der Waals surface area contributed by atoms with Crippen LogP contribution in [-0.2, 0) is 9.47 Å². The number of unbranched alkanes of at least 4 members (excludes halogenated alkanes) is 7. The third-order valence-corrected chi connectivity index (χ3v) is 2.78. The van der Waals surface area contributed by atoms with Crippen molar-refractivity contribution in [3.05, 3.63) is 0 Å². The highest BCUT2D eigenvalue weighted by Gasteiger charge is 1.92. The molecule has 5 heteroatoms. The van der Waals surface area contributed by atoms with E-state index in [1.54, 1.807) is 0 Å². The zero-order valence-electron chi connectivity index (χ0n) is 12.7. The van der Waals surface area contributed by atoms with E-state index >= 15 is 0 Å². The molecule has 0 spiro atoms. The van der Waals surface area contributed by atoms with Crippen LogP contribution in [0.2, 0.25) is 0 Å². The van der Waals surface area contributed by atoms with Gasteiger partial charge in [0.1, 0.15) is 0 Å². The first-order valence-corrected chi connectivity index (χ1v) is 7.60. The van der Waals surface area contributed by atoms with Crippen molar-refractivity contribution in [2.75, 3.05) is 33.0 Å². The maximum atomic E-state index is 5.46.